The number of halogens is 2. The van der Waals surface area contributed by atoms with Gasteiger partial charge in [0.1, 0.15) is 0 Å². The second kappa shape index (κ2) is 10.3. The predicted molar refractivity (Wildman–Crippen MR) is 166 cm³/mol. The minimum Gasteiger partial charge on any atom is -0.503 e. The number of benzene rings is 3. The summed E-state index contributed by atoms with van der Waals surface area (Å²) in [6.45, 7) is 0. The first kappa shape index (κ1) is 28.8. The van der Waals surface area contributed by atoms with Gasteiger partial charge in [-0.2, -0.15) is 0 Å². The van der Waals surface area contributed by atoms with Gasteiger partial charge < -0.3 is 9.84 Å². The van der Waals surface area contributed by atoms with E-state index in [-0.39, 0.29) is 35.6 Å². The summed E-state index contributed by atoms with van der Waals surface area (Å²) in [5, 5.41) is 11.1. The molecule has 4 amide bonds. The van der Waals surface area contributed by atoms with Gasteiger partial charge in [0.05, 0.1) is 40.4 Å². The number of fused-ring (bicyclic) bond motifs is 4. The van der Waals surface area contributed by atoms with Crippen LogP contribution in [0.2, 0.25) is 5.02 Å². The number of hydrogen-bond donors (Lipinski definition) is 1. The van der Waals surface area contributed by atoms with Crippen molar-refractivity contribution in [3.63, 3.8) is 0 Å². The minimum atomic E-state index is -1.41. The summed E-state index contributed by atoms with van der Waals surface area (Å²) in [6.07, 6.45) is 2.55. The number of carbonyl (C=O) groups is 4. The van der Waals surface area contributed by atoms with Crippen molar-refractivity contribution in [1.29, 1.82) is 0 Å². The zero-order valence-corrected chi connectivity index (χ0v) is 26.2. The van der Waals surface area contributed by atoms with Gasteiger partial charge >= 0.3 is 0 Å². The van der Waals surface area contributed by atoms with Gasteiger partial charge in [-0.15, -0.1) is 0 Å². The Balaban J connectivity index is 1.54. The molecular weight excluding hydrogens is 648 g/mol. The van der Waals surface area contributed by atoms with E-state index < -0.39 is 40.9 Å². The molecule has 10 heteroatoms. The maximum Gasteiger partial charge on any atom is 0.246 e. The summed E-state index contributed by atoms with van der Waals surface area (Å²) >= 11 is 9.80. The van der Waals surface area contributed by atoms with E-state index in [1.807, 2.05) is 36.4 Å². The predicted octanol–water partition coefficient (Wildman–Crippen LogP) is 5.61. The summed E-state index contributed by atoms with van der Waals surface area (Å²) in [7, 11) is 2.95. The number of ether oxygens (including phenoxy) is 1. The lowest BCUT2D eigenvalue weighted by Gasteiger charge is -2.50. The molecule has 0 aromatic heterocycles. The van der Waals surface area contributed by atoms with E-state index in [0.29, 0.717) is 32.7 Å². The SMILES string of the molecule is COc1cc(C2C3=CCC4C(=O)N(C)C(=O)C4C3CC3C(=O)N(c4cccc(Cl)c4)C(=O)C32c2ccccc2)cc(Br)c1O. The van der Waals surface area contributed by atoms with Crippen LogP contribution < -0.4 is 9.64 Å². The lowest BCUT2D eigenvalue weighted by atomic mass is 9.49. The second-order valence-electron chi connectivity index (χ2n) is 11.9. The van der Waals surface area contributed by atoms with E-state index in [2.05, 4.69) is 15.9 Å². The molecule has 1 N–H and O–H groups in total. The van der Waals surface area contributed by atoms with Gasteiger partial charge in [0.25, 0.3) is 0 Å². The summed E-state index contributed by atoms with van der Waals surface area (Å²) in [5.74, 6) is -4.41. The number of hydrogen-bond acceptors (Lipinski definition) is 6. The largest absolute Gasteiger partial charge is 0.503 e. The molecule has 7 rings (SSSR count). The van der Waals surface area contributed by atoms with Crippen LogP contribution in [0.5, 0.6) is 11.5 Å². The van der Waals surface area contributed by atoms with Crippen LogP contribution >= 0.6 is 27.5 Å². The number of imide groups is 2. The molecule has 224 valence electrons. The smallest absolute Gasteiger partial charge is 0.246 e. The van der Waals surface area contributed by atoms with Crippen molar-refractivity contribution in [1.82, 2.24) is 4.90 Å². The Labute approximate surface area is 267 Å². The van der Waals surface area contributed by atoms with Crippen LogP contribution in [0.1, 0.15) is 29.9 Å². The number of amides is 4. The van der Waals surface area contributed by atoms with Crippen molar-refractivity contribution in [2.75, 3.05) is 19.1 Å². The third kappa shape index (κ3) is 3.81. The van der Waals surface area contributed by atoms with Crippen molar-refractivity contribution in [2.24, 2.45) is 23.7 Å². The van der Waals surface area contributed by atoms with Crippen molar-refractivity contribution < 1.29 is 29.0 Å². The summed E-state index contributed by atoms with van der Waals surface area (Å²) in [4.78, 5) is 58.9. The van der Waals surface area contributed by atoms with Crippen LogP contribution in [0.3, 0.4) is 0 Å². The molecule has 6 unspecified atom stereocenters. The lowest BCUT2D eigenvalue weighted by molar-refractivity contribution is -0.138. The Morgan fingerprint density at radius 1 is 0.955 bits per heavy atom. The van der Waals surface area contributed by atoms with Crippen molar-refractivity contribution in [3.05, 3.63) is 99.0 Å². The number of phenols is 1. The molecule has 4 aliphatic rings. The average Bonchev–Trinajstić information content (AvgIpc) is 3.39. The molecule has 0 radical (unpaired) electrons. The Bertz CT molecular complexity index is 1790. The van der Waals surface area contributed by atoms with Gasteiger partial charge in [0.15, 0.2) is 11.5 Å². The first-order valence-corrected chi connectivity index (χ1v) is 15.6. The number of phenolic OH excluding ortho intramolecular Hbond substituents is 1. The fraction of sp³-hybridized carbons (Fsp3) is 0.294. The van der Waals surface area contributed by atoms with Crippen LogP contribution in [0.4, 0.5) is 5.69 Å². The van der Waals surface area contributed by atoms with E-state index in [1.165, 1.54) is 24.0 Å². The van der Waals surface area contributed by atoms with Crippen molar-refractivity contribution in [3.8, 4) is 11.5 Å². The first-order chi connectivity index (χ1) is 21.1. The molecule has 2 saturated heterocycles. The summed E-state index contributed by atoms with van der Waals surface area (Å²) in [5.41, 5.74) is 1.08. The Morgan fingerprint density at radius 3 is 2.41 bits per heavy atom. The summed E-state index contributed by atoms with van der Waals surface area (Å²) in [6, 6.07) is 19.4. The molecule has 1 saturated carbocycles. The lowest BCUT2D eigenvalue weighted by Crippen LogP contribution is -2.53. The normalized spacial score (nSPS) is 29.4. The molecule has 44 heavy (non-hydrogen) atoms. The van der Waals surface area contributed by atoms with Crippen LogP contribution in [-0.4, -0.2) is 47.8 Å². The van der Waals surface area contributed by atoms with E-state index in [9.17, 15) is 19.5 Å². The van der Waals surface area contributed by atoms with Gasteiger partial charge in [-0.25, -0.2) is 4.90 Å². The van der Waals surface area contributed by atoms with Gasteiger partial charge in [-0.3, -0.25) is 24.1 Å². The van der Waals surface area contributed by atoms with Crippen LogP contribution in [0.15, 0.2) is 82.9 Å². The Morgan fingerprint density at radius 2 is 1.70 bits per heavy atom. The molecule has 2 heterocycles. The van der Waals surface area contributed by atoms with Gasteiger partial charge in [-0.05, 0) is 76.1 Å². The molecule has 8 nitrogen and oxygen atoms in total. The van der Waals surface area contributed by atoms with Crippen molar-refractivity contribution in [2.45, 2.75) is 24.2 Å². The second-order valence-corrected chi connectivity index (χ2v) is 13.2. The highest BCUT2D eigenvalue weighted by Crippen LogP contribution is 2.65. The number of anilines is 1. The fourth-order valence-electron chi connectivity index (χ4n) is 8.19. The van der Waals surface area contributed by atoms with Crippen LogP contribution in [-0.2, 0) is 24.6 Å². The number of nitrogens with zero attached hydrogens (tertiary/aromatic N) is 2. The highest BCUT2D eigenvalue weighted by atomic mass is 79.9. The van der Waals surface area contributed by atoms with Gasteiger partial charge in [0.2, 0.25) is 23.6 Å². The maximum atomic E-state index is 15.2. The highest BCUT2D eigenvalue weighted by molar-refractivity contribution is 9.10. The Kier molecular flexibility index (Phi) is 6.75. The molecule has 6 atom stereocenters. The van der Waals surface area contributed by atoms with Crippen LogP contribution in [0.25, 0.3) is 0 Å². The number of allylic oxidation sites excluding steroid dienone is 2. The van der Waals surface area contributed by atoms with E-state index in [0.717, 1.165) is 5.57 Å². The van der Waals surface area contributed by atoms with Gasteiger partial charge in [0, 0.05) is 18.0 Å². The van der Waals surface area contributed by atoms with E-state index in [4.69, 9.17) is 16.3 Å². The molecule has 3 fully saturated rings. The van der Waals surface area contributed by atoms with E-state index in [1.54, 1.807) is 36.4 Å². The highest BCUT2D eigenvalue weighted by Gasteiger charge is 2.70. The molecule has 0 spiro atoms. The molecule has 3 aromatic carbocycles. The van der Waals surface area contributed by atoms with Gasteiger partial charge in [-0.1, -0.05) is 59.6 Å². The van der Waals surface area contributed by atoms with E-state index >= 15 is 4.79 Å². The monoisotopic (exact) mass is 674 g/mol. The molecular formula is C34H28BrClN2O6. The average molecular weight is 676 g/mol. The molecule has 2 aliphatic carbocycles. The fourth-order valence-corrected chi connectivity index (χ4v) is 8.84. The molecule has 0 bridgehead atoms. The molecule has 2 aliphatic heterocycles. The number of carbonyl (C=O) groups excluding carboxylic acids is 4. The third-order valence-corrected chi connectivity index (χ3v) is 10.8. The zero-order valence-electron chi connectivity index (χ0n) is 23.9. The number of likely N-dealkylation sites (tertiary alicyclic amines) is 1. The minimum absolute atomic E-state index is 0.0980. The van der Waals surface area contributed by atoms with Crippen LogP contribution in [0, 0.1) is 23.7 Å². The quantitative estimate of drug-likeness (QED) is 0.285. The first-order valence-electron chi connectivity index (χ1n) is 14.4. The third-order valence-electron chi connectivity index (χ3n) is 9.99. The summed E-state index contributed by atoms with van der Waals surface area (Å²) < 4.78 is 5.89. The number of rotatable bonds is 4. The standard InChI is InChI=1S/C34H28BrClN2O6/c1-37-30(40)22-12-11-21-23(27(22)32(37)42)16-24-31(41)38(20-10-6-9-19(36)15-20)33(43)34(24,18-7-4-3-5-8-18)28(21)17-13-25(35)29(39)26(14-17)44-2/h3-11,13-15,22-24,27-28,39H,12,16H2,1-2H3. The van der Waals surface area contributed by atoms with Crippen molar-refractivity contribution >= 4 is 56.8 Å². The topological polar surface area (TPSA) is 104 Å². The molecule has 3 aromatic rings. The number of aromatic hydroxyl groups is 1. The zero-order chi connectivity index (χ0) is 31.1. The maximum absolute atomic E-state index is 15.2. The number of methoxy groups -OCH3 is 1. The Hall–Kier alpha value is -3.95.